The summed E-state index contributed by atoms with van der Waals surface area (Å²) < 4.78 is 34.7. The predicted octanol–water partition coefficient (Wildman–Crippen LogP) is 3.01. The van der Waals surface area contributed by atoms with Crippen LogP contribution in [-0.4, -0.2) is 13.5 Å². The molecule has 3 rings (SSSR count). The second-order valence-corrected chi connectivity index (χ2v) is 7.01. The summed E-state index contributed by atoms with van der Waals surface area (Å²) in [4.78, 5) is 0. The van der Waals surface area contributed by atoms with E-state index in [0.29, 0.717) is 16.7 Å². The average molecular weight is 370 g/mol. The summed E-state index contributed by atoms with van der Waals surface area (Å²) in [6, 6.07) is 16.6. The van der Waals surface area contributed by atoms with E-state index < -0.39 is 27.4 Å². The zero-order valence-corrected chi connectivity index (χ0v) is 14.2. The van der Waals surface area contributed by atoms with Gasteiger partial charge in [-0.25, -0.2) is 0 Å². The van der Waals surface area contributed by atoms with E-state index in [9.17, 15) is 13.5 Å². The highest BCUT2D eigenvalue weighted by molar-refractivity contribution is 7.86. The van der Waals surface area contributed by atoms with E-state index in [2.05, 4.69) is 0 Å². The van der Waals surface area contributed by atoms with E-state index in [1.807, 2.05) is 6.07 Å². The molecule has 3 aromatic rings. The molecule has 0 saturated carbocycles. The average Bonchev–Trinajstić information content (AvgIpc) is 2.90. The number of nitrogen functional groups attached to an aromatic ring is 1. The highest BCUT2D eigenvalue weighted by Gasteiger charge is 2.26. The van der Waals surface area contributed by atoms with Crippen molar-refractivity contribution in [2.75, 3.05) is 5.73 Å². The molecule has 0 bridgehead atoms. The standard InChI is InChI=1S/C18H14N2O5S/c19-10-13-7-4-8-14(9-13)16-15(21)17(18(20)24-16)25-26(22,23)11-12-5-2-1-3-6-12/h1-9,21H,11,20H2. The van der Waals surface area contributed by atoms with Crippen molar-refractivity contribution >= 4 is 16.0 Å². The highest BCUT2D eigenvalue weighted by atomic mass is 32.2. The van der Waals surface area contributed by atoms with Crippen LogP contribution in [0.3, 0.4) is 0 Å². The van der Waals surface area contributed by atoms with Crippen LogP contribution < -0.4 is 9.92 Å². The van der Waals surface area contributed by atoms with E-state index in [4.69, 9.17) is 19.6 Å². The SMILES string of the molecule is N#Cc1cccc(-c2oc(N)c(OS(=O)(=O)Cc3ccccc3)c2O)c1. The van der Waals surface area contributed by atoms with E-state index in [1.165, 1.54) is 6.07 Å². The van der Waals surface area contributed by atoms with E-state index in [1.54, 1.807) is 48.5 Å². The number of nitriles is 1. The Bertz CT molecular complexity index is 1080. The van der Waals surface area contributed by atoms with Crippen LogP contribution in [0.4, 0.5) is 5.88 Å². The first-order chi connectivity index (χ1) is 12.4. The molecule has 7 nitrogen and oxygen atoms in total. The first kappa shape index (κ1) is 17.4. The number of furan rings is 1. The minimum absolute atomic E-state index is 0.0792. The Kier molecular flexibility index (Phi) is 4.56. The number of anilines is 1. The van der Waals surface area contributed by atoms with E-state index in [0.717, 1.165) is 0 Å². The molecule has 1 heterocycles. The Labute approximate surface area is 150 Å². The van der Waals surface area contributed by atoms with Gasteiger partial charge in [0.25, 0.3) is 0 Å². The molecule has 0 spiro atoms. The van der Waals surface area contributed by atoms with Gasteiger partial charge < -0.3 is 19.4 Å². The van der Waals surface area contributed by atoms with Crippen LogP contribution in [0.15, 0.2) is 59.0 Å². The summed E-state index contributed by atoms with van der Waals surface area (Å²) in [7, 11) is -4.07. The van der Waals surface area contributed by atoms with Crippen LogP contribution in [0.25, 0.3) is 11.3 Å². The van der Waals surface area contributed by atoms with E-state index >= 15 is 0 Å². The van der Waals surface area contributed by atoms with Crippen molar-refractivity contribution in [3.05, 3.63) is 65.7 Å². The van der Waals surface area contributed by atoms with Crippen LogP contribution in [-0.2, 0) is 15.9 Å². The Hall–Kier alpha value is -3.44. The number of hydrogen-bond acceptors (Lipinski definition) is 7. The Morgan fingerprint density at radius 3 is 2.58 bits per heavy atom. The van der Waals surface area contributed by atoms with Crippen molar-refractivity contribution in [2.24, 2.45) is 0 Å². The second kappa shape index (κ2) is 6.82. The summed E-state index contributed by atoms with van der Waals surface area (Å²) in [5.41, 5.74) is 6.90. The third-order valence-corrected chi connectivity index (χ3v) is 4.62. The maximum Gasteiger partial charge on any atom is 0.313 e. The molecular weight excluding hydrogens is 356 g/mol. The first-order valence-electron chi connectivity index (χ1n) is 7.47. The lowest BCUT2D eigenvalue weighted by Gasteiger charge is -2.06. The van der Waals surface area contributed by atoms with Crippen LogP contribution in [0.1, 0.15) is 11.1 Å². The van der Waals surface area contributed by atoms with Crippen molar-refractivity contribution in [2.45, 2.75) is 5.75 Å². The third kappa shape index (κ3) is 3.63. The normalized spacial score (nSPS) is 11.0. The summed E-state index contributed by atoms with van der Waals surface area (Å²) in [5, 5.41) is 19.3. The smallest absolute Gasteiger partial charge is 0.313 e. The number of nitrogens with zero attached hydrogens (tertiary/aromatic N) is 1. The largest absolute Gasteiger partial charge is 0.501 e. The van der Waals surface area contributed by atoms with Gasteiger partial charge in [0.15, 0.2) is 5.76 Å². The second-order valence-electron chi connectivity index (χ2n) is 5.44. The minimum atomic E-state index is -4.07. The molecule has 0 fully saturated rings. The first-order valence-corrected chi connectivity index (χ1v) is 9.05. The lowest BCUT2D eigenvalue weighted by atomic mass is 10.1. The van der Waals surface area contributed by atoms with Gasteiger partial charge >= 0.3 is 10.1 Å². The van der Waals surface area contributed by atoms with Crippen molar-refractivity contribution < 1.29 is 22.1 Å². The van der Waals surface area contributed by atoms with Crippen molar-refractivity contribution in [3.8, 4) is 28.9 Å². The number of nitrogens with two attached hydrogens (primary N) is 1. The minimum Gasteiger partial charge on any atom is -0.501 e. The molecule has 0 aliphatic rings. The van der Waals surface area contributed by atoms with Gasteiger partial charge in [0.1, 0.15) is 5.75 Å². The lowest BCUT2D eigenvalue weighted by molar-refractivity contribution is 0.432. The Morgan fingerprint density at radius 1 is 1.15 bits per heavy atom. The summed E-state index contributed by atoms with van der Waals surface area (Å²) >= 11 is 0. The van der Waals surface area contributed by atoms with Crippen molar-refractivity contribution in [1.29, 1.82) is 5.26 Å². The maximum atomic E-state index is 12.2. The summed E-state index contributed by atoms with van der Waals surface area (Å²) in [5.74, 6) is -1.87. The Balaban J connectivity index is 1.92. The fourth-order valence-electron chi connectivity index (χ4n) is 2.37. The van der Waals surface area contributed by atoms with Gasteiger partial charge in [-0.2, -0.15) is 13.7 Å². The summed E-state index contributed by atoms with van der Waals surface area (Å²) in [6.45, 7) is 0. The molecule has 132 valence electrons. The van der Waals surface area contributed by atoms with Crippen LogP contribution in [0.5, 0.6) is 11.5 Å². The molecule has 0 saturated heterocycles. The maximum absolute atomic E-state index is 12.2. The van der Waals surface area contributed by atoms with Gasteiger partial charge in [-0.3, -0.25) is 0 Å². The molecule has 1 aromatic heterocycles. The van der Waals surface area contributed by atoms with Crippen molar-refractivity contribution in [1.82, 2.24) is 0 Å². The highest BCUT2D eigenvalue weighted by Crippen LogP contribution is 2.45. The Morgan fingerprint density at radius 2 is 1.88 bits per heavy atom. The van der Waals surface area contributed by atoms with Gasteiger partial charge in [0, 0.05) is 5.56 Å². The molecule has 0 radical (unpaired) electrons. The molecule has 3 N–H and O–H groups in total. The third-order valence-electron chi connectivity index (χ3n) is 3.52. The van der Waals surface area contributed by atoms with Crippen molar-refractivity contribution in [3.63, 3.8) is 0 Å². The number of rotatable bonds is 5. The molecule has 0 unspecified atom stereocenters. The van der Waals surface area contributed by atoms with Gasteiger partial charge in [0.2, 0.25) is 17.4 Å². The molecular formula is C18H14N2O5S. The zero-order valence-electron chi connectivity index (χ0n) is 13.4. The van der Waals surface area contributed by atoms with E-state index in [-0.39, 0.29) is 11.6 Å². The van der Waals surface area contributed by atoms with Crippen LogP contribution in [0.2, 0.25) is 0 Å². The summed E-state index contributed by atoms with van der Waals surface area (Å²) in [6.07, 6.45) is 0. The molecule has 0 amide bonds. The molecule has 26 heavy (non-hydrogen) atoms. The zero-order chi connectivity index (χ0) is 18.7. The predicted molar refractivity (Wildman–Crippen MR) is 94.6 cm³/mol. The van der Waals surface area contributed by atoms with Gasteiger partial charge in [0.05, 0.1) is 11.6 Å². The fraction of sp³-hybridized carbons (Fsp3) is 0.0556. The van der Waals surface area contributed by atoms with Crippen LogP contribution in [0, 0.1) is 11.3 Å². The van der Waals surface area contributed by atoms with Gasteiger partial charge in [-0.05, 0) is 17.7 Å². The van der Waals surface area contributed by atoms with Gasteiger partial charge in [-0.15, -0.1) is 0 Å². The number of benzene rings is 2. The number of aromatic hydroxyl groups is 1. The van der Waals surface area contributed by atoms with Gasteiger partial charge in [-0.1, -0.05) is 42.5 Å². The molecule has 0 aliphatic carbocycles. The fourth-order valence-corrected chi connectivity index (χ4v) is 3.44. The molecule has 0 atom stereocenters. The molecule has 0 aliphatic heterocycles. The van der Waals surface area contributed by atoms with Crippen LogP contribution >= 0.6 is 0 Å². The quantitative estimate of drug-likeness (QED) is 0.661. The number of hydrogen-bond donors (Lipinski definition) is 2. The lowest BCUT2D eigenvalue weighted by Crippen LogP contribution is -2.12. The monoisotopic (exact) mass is 370 g/mol. The molecule has 8 heteroatoms. The topological polar surface area (TPSA) is 127 Å². The molecule has 2 aromatic carbocycles.